The van der Waals surface area contributed by atoms with Crippen molar-refractivity contribution >= 4 is 63.4 Å². The molecule has 0 saturated carbocycles. The second-order valence-electron chi connectivity index (χ2n) is 5.63. The molecule has 3 rings (SSSR count). The minimum Gasteiger partial charge on any atom is -0.261 e. The molecule has 0 amide bonds. The molecule has 0 aliphatic rings. The average molecular weight is 425 g/mol. The molecule has 0 aliphatic heterocycles. The summed E-state index contributed by atoms with van der Waals surface area (Å²) in [5.41, 5.74) is 5.11. The molecule has 0 unspecified atom stereocenters. The molecular weight excluding hydrogens is 413 g/mol. The molecule has 0 radical (unpaired) electrons. The van der Waals surface area contributed by atoms with Crippen molar-refractivity contribution in [1.82, 2.24) is 9.97 Å². The van der Waals surface area contributed by atoms with E-state index < -0.39 is 8.72 Å². The van der Waals surface area contributed by atoms with Gasteiger partial charge in [-0.1, -0.05) is 46.4 Å². The van der Waals surface area contributed by atoms with Crippen LogP contribution in [-0.4, -0.2) is 21.1 Å². The van der Waals surface area contributed by atoms with Gasteiger partial charge in [-0.25, -0.2) is 9.97 Å². The Kier molecular flexibility index (Phi) is 5.46. The van der Waals surface area contributed by atoms with E-state index in [0.717, 1.165) is 5.56 Å². The minimum absolute atomic E-state index is 0.00435. The summed E-state index contributed by atoms with van der Waals surface area (Å²) in [6.07, 6.45) is 1.50. The summed E-state index contributed by atoms with van der Waals surface area (Å²) in [4.78, 5) is 18.8. The molecule has 0 spiro atoms. The Labute approximate surface area is 169 Å². The molecule has 1 aromatic heterocycles. The van der Waals surface area contributed by atoms with E-state index >= 15 is 0 Å². The van der Waals surface area contributed by atoms with Crippen LogP contribution in [0.4, 0.5) is 11.5 Å². The Morgan fingerprint density at radius 3 is 2.48 bits per heavy atom. The van der Waals surface area contributed by atoms with Crippen molar-refractivity contribution in [2.24, 2.45) is 5.10 Å². The van der Waals surface area contributed by atoms with Crippen molar-refractivity contribution in [3.05, 3.63) is 69.5 Å². The lowest BCUT2D eigenvalue weighted by atomic mass is 10.1. The summed E-state index contributed by atoms with van der Waals surface area (Å²) in [5.74, 6) is 0.403. The number of nitro benzene ring substituents is 1. The molecule has 2 aromatic carbocycles. The zero-order valence-electron chi connectivity index (χ0n) is 13.9. The maximum absolute atomic E-state index is 10.7. The van der Waals surface area contributed by atoms with Gasteiger partial charge in [0, 0.05) is 17.5 Å². The zero-order chi connectivity index (χ0) is 19.6. The van der Waals surface area contributed by atoms with Crippen LogP contribution in [0.25, 0.3) is 10.9 Å². The molecule has 138 valence electrons. The standard InChI is InChI=1S/C17H12Cl3N5O2/c1-10-2-7-14-13(8-10)15(23-16(22-14)17(18,19)20)24-21-9-11-3-5-12(6-4-11)25(26)27/h2-9H,1H3,(H,22,23,24)/b21-9-. The van der Waals surface area contributed by atoms with Crippen molar-refractivity contribution in [3.63, 3.8) is 0 Å². The number of non-ortho nitro benzene ring substituents is 1. The van der Waals surface area contributed by atoms with Gasteiger partial charge in [-0.05, 0) is 36.8 Å². The maximum Gasteiger partial charge on any atom is 0.269 e. The van der Waals surface area contributed by atoms with Gasteiger partial charge < -0.3 is 0 Å². The van der Waals surface area contributed by atoms with E-state index in [4.69, 9.17) is 34.8 Å². The van der Waals surface area contributed by atoms with Gasteiger partial charge in [-0.15, -0.1) is 0 Å². The lowest BCUT2D eigenvalue weighted by Crippen LogP contribution is -2.09. The molecule has 10 heteroatoms. The van der Waals surface area contributed by atoms with Crippen LogP contribution in [0, 0.1) is 17.0 Å². The SMILES string of the molecule is Cc1ccc2nc(C(Cl)(Cl)Cl)nc(N/N=C\c3ccc([N+](=O)[O-])cc3)c2c1. The lowest BCUT2D eigenvalue weighted by Gasteiger charge is -2.13. The topological polar surface area (TPSA) is 93.3 Å². The molecule has 0 fully saturated rings. The number of rotatable bonds is 4. The second kappa shape index (κ2) is 7.64. The quantitative estimate of drug-likeness (QED) is 0.271. The maximum atomic E-state index is 10.7. The van der Waals surface area contributed by atoms with Gasteiger partial charge in [-0.3, -0.25) is 15.5 Å². The van der Waals surface area contributed by atoms with Gasteiger partial charge in [0.15, 0.2) is 11.6 Å². The largest absolute Gasteiger partial charge is 0.269 e. The normalized spacial score (nSPS) is 11.9. The van der Waals surface area contributed by atoms with E-state index in [1.165, 1.54) is 18.3 Å². The van der Waals surface area contributed by atoms with E-state index in [0.29, 0.717) is 22.3 Å². The number of nitro groups is 1. The van der Waals surface area contributed by atoms with Crippen LogP contribution >= 0.6 is 34.8 Å². The van der Waals surface area contributed by atoms with Crippen molar-refractivity contribution in [2.75, 3.05) is 5.43 Å². The third kappa shape index (κ3) is 4.63. The predicted octanol–water partition coefficient (Wildman–Crippen LogP) is 5.12. The summed E-state index contributed by atoms with van der Waals surface area (Å²) >= 11 is 17.8. The first-order valence-electron chi connectivity index (χ1n) is 7.63. The highest BCUT2D eigenvalue weighted by atomic mass is 35.6. The number of hydrogen-bond acceptors (Lipinski definition) is 6. The highest BCUT2D eigenvalue weighted by molar-refractivity contribution is 6.66. The second-order valence-corrected chi connectivity index (χ2v) is 7.91. The Morgan fingerprint density at radius 1 is 1.15 bits per heavy atom. The van der Waals surface area contributed by atoms with E-state index in [1.807, 2.05) is 19.1 Å². The van der Waals surface area contributed by atoms with Crippen molar-refractivity contribution in [3.8, 4) is 0 Å². The molecule has 0 atom stereocenters. The Morgan fingerprint density at radius 2 is 1.85 bits per heavy atom. The number of aromatic nitrogens is 2. The summed E-state index contributed by atoms with van der Waals surface area (Å²) in [6, 6.07) is 11.5. The molecule has 0 bridgehead atoms. The van der Waals surface area contributed by atoms with Gasteiger partial charge >= 0.3 is 0 Å². The van der Waals surface area contributed by atoms with E-state index in [1.54, 1.807) is 18.2 Å². The highest BCUT2D eigenvalue weighted by Gasteiger charge is 2.28. The van der Waals surface area contributed by atoms with Gasteiger partial charge in [0.1, 0.15) is 0 Å². The number of nitrogens with zero attached hydrogens (tertiary/aromatic N) is 4. The zero-order valence-corrected chi connectivity index (χ0v) is 16.1. The first kappa shape index (κ1) is 19.3. The van der Waals surface area contributed by atoms with Gasteiger partial charge in [0.05, 0.1) is 16.7 Å². The molecule has 27 heavy (non-hydrogen) atoms. The predicted molar refractivity (Wildman–Crippen MR) is 108 cm³/mol. The van der Waals surface area contributed by atoms with E-state index in [-0.39, 0.29) is 11.5 Å². The van der Waals surface area contributed by atoms with Crippen LogP contribution in [0.3, 0.4) is 0 Å². The fraction of sp³-hybridized carbons (Fsp3) is 0.118. The monoisotopic (exact) mass is 423 g/mol. The fourth-order valence-electron chi connectivity index (χ4n) is 2.30. The Bertz CT molecular complexity index is 1030. The fourth-order valence-corrected chi connectivity index (χ4v) is 2.56. The first-order valence-corrected chi connectivity index (χ1v) is 8.76. The van der Waals surface area contributed by atoms with Crippen LogP contribution in [0.2, 0.25) is 0 Å². The van der Waals surface area contributed by atoms with Crippen molar-refractivity contribution in [2.45, 2.75) is 10.7 Å². The molecule has 0 aliphatic carbocycles. The van der Waals surface area contributed by atoms with Crippen LogP contribution in [0.15, 0.2) is 47.6 Å². The number of halogens is 3. The third-order valence-electron chi connectivity index (χ3n) is 3.59. The van der Waals surface area contributed by atoms with Gasteiger partial charge in [0.25, 0.3) is 5.69 Å². The third-order valence-corrected chi connectivity index (χ3v) is 4.10. The Balaban J connectivity index is 1.93. The Hall–Kier alpha value is -2.48. The molecule has 7 nitrogen and oxygen atoms in total. The number of hydrazone groups is 1. The molecule has 0 saturated heterocycles. The number of aryl methyl sites for hydroxylation is 1. The molecule has 3 aromatic rings. The van der Waals surface area contributed by atoms with Crippen molar-refractivity contribution in [1.29, 1.82) is 0 Å². The first-order chi connectivity index (χ1) is 12.7. The smallest absolute Gasteiger partial charge is 0.261 e. The molecule has 1 heterocycles. The van der Waals surface area contributed by atoms with Crippen LogP contribution in [-0.2, 0) is 3.79 Å². The van der Waals surface area contributed by atoms with Crippen LogP contribution in [0.1, 0.15) is 17.0 Å². The number of alkyl halides is 3. The van der Waals surface area contributed by atoms with Crippen molar-refractivity contribution < 1.29 is 4.92 Å². The summed E-state index contributed by atoms with van der Waals surface area (Å²) in [6.45, 7) is 1.94. The summed E-state index contributed by atoms with van der Waals surface area (Å²) < 4.78 is -1.78. The highest BCUT2D eigenvalue weighted by Crippen LogP contribution is 2.37. The van der Waals surface area contributed by atoms with E-state index in [9.17, 15) is 10.1 Å². The molecule has 1 N–H and O–H groups in total. The van der Waals surface area contributed by atoms with Crippen LogP contribution in [0.5, 0.6) is 0 Å². The summed E-state index contributed by atoms with van der Waals surface area (Å²) in [7, 11) is 0. The average Bonchev–Trinajstić information content (AvgIpc) is 2.61. The van der Waals surface area contributed by atoms with Gasteiger partial charge in [0.2, 0.25) is 3.79 Å². The van der Waals surface area contributed by atoms with Gasteiger partial charge in [-0.2, -0.15) is 5.10 Å². The number of fused-ring (bicyclic) bond motifs is 1. The minimum atomic E-state index is -1.78. The number of hydrogen-bond donors (Lipinski definition) is 1. The lowest BCUT2D eigenvalue weighted by molar-refractivity contribution is -0.384. The number of benzene rings is 2. The number of nitrogens with one attached hydrogen (secondary N) is 1. The van der Waals surface area contributed by atoms with E-state index in [2.05, 4.69) is 20.5 Å². The summed E-state index contributed by atoms with van der Waals surface area (Å²) in [5, 5.41) is 15.5. The number of anilines is 1. The molecular formula is C17H12Cl3N5O2. The van der Waals surface area contributed by atoms with Crippen LogP contribution < -0.4 is 5.43 Å².